The number of rotatable bonds is 5. The number of likely N-dealkylation sites (tertiary alicyclic amines) is 1. The van der Waals surface area contributed by atoms with Gasteiger partial charge < -0.3 is 15.5 Å². The Morgan fingerprint density at radius 2 is 1.95 bits per heavy atom. The highest BCUT2D eigenvalue weighted by Gasteiger charge is 2.19. The molecule has 0 aromatic heterocycles. The first-order valence-electron chi connectivity index (χ1n) is 7.03. The zero-order valence-corrected chi connectivity index (χ0v) is 12.1. The number of hydrogen-bond donors (Lipinski definition) is 2. The van der Waals surface area contributed by atoms with Crippen LogP contribution in [0.3, 0.4) is 0 Å². The smallest absolute Gasteiger partial charge is 0.241 e. The van der Waals surface area contributed by atoms with Crippen LogP contribution in [0, 0.1) is 0 Å². The lowest BCUT2D eigenvalue weighted by Crippen LogP contribution is -2.39. The number of nitrogens with one attached hydrogen (secondary N) is 2. The Morgan fingerprint density at radius 1 is 1.21 bits per heavy atom. The first kappa shape index (κ1) is 16.2. The van der Waals surface area contributed by atoms with Crippen molar-refractivity contribution in [3.63, 3.8) is 0 Å². The molecule has 0 radical (unpaired) electrons. The Balaban J connectivity index is 0.00000180. The van der Waals surface area contributed by atoms with Crippen LogP contribution in [0.4, 0.5) is 0 Å². The predicted octanol–water partition coefficient (Wildman–Crippen LogP) is 0.679. The van der Waals surface area contributed by atoms with Crippen molar-refractivity contribution in [2.45, 2.75) is 44.6 Å². The lowest BCUT2D eigenvalue weighted by Gasteiger charge is -2.15. The van der Waals surface area contributed by atoms with Crippen molar-refractivity contribution in [3.05, 3.63) is 0 Å². The number of nitrogens with zero attached hydrogens (tertiary/aromatic N) is 1. The normalized spacial score (nSPS) is 22.1. The molecule has 2 aliphatic heterocycles. The topological polar surface area (TPSA) is 61.4 Å². The van der Waals surface area contributed by atoms with E-state index in [0.29, 0.717) is 12.5 Å². The van der Waals surface area contributed by atoms with E-state index in [9.17, 15) is 9.59 Å². The fourth-order valence-electron chi connectivity index (χ4n) is 2.65. The minimum absolute atomic E-state index is 0. The van der Waals surface area contributed by atoms with Gasteiger partial charge in [0.1, 0.15) is 0 Å². The third kappa shape index (κ3) is 5.37. The molecule has 2 heterocycles. The lowest BCUT2D eigenvalue weighted by atomic mass is 10.1. The van der Waals surface area contributed by atoms with E-state index in [0.717, 1.165) is 38.9 Å². The molecule has 0 spiro atoms. The summed E-state index contributed by atoms with van der Waals surface area (Å²) in [6.45, 7) is 2.93. The molecule has 19 heavy (non-hydrogen) atoms. The number of hydrogen-bond acceptors (Lipinski definition) is 3. The van der Waals surface area contributed by atoms with E-state index < -0.39 is 0 Å². The molecule has 5 nitrogen and oxygen atoms in total. The van der Waals surface area contributed by atoms with Crippen LogP contribution in [0.25, 0.3) is 0 Å². The van der Waals surface area contributed by atoms with Gasteiger partial charge in [0.2, 0.25) is 11.8 Å². The van der Waals surface area contributed by atoms with Gasteiger partial charge in [0, 0.05) is 25.6 Å². The van der Waals surface area contributed by atoms with Gasteiger partial charge in [-0.3, -0.25) is 9.59 Å². The second-order valence-electron chi connectivity index (χ2n) is 5.20. The van der Waals surface area contributed by atoms with E-state index in [1.165, 1.54) is 12.8 Å². The Labute approximate surface area is 120 Å². The largest absolute Gasteiger partial charge is 0.347 e. The Morgan fingerprint density at radius 3 is 2.58 bits per heavy atom. The average Bonchev–Trinajstić information content (AvgIpc) is 3.05. The standard InChI is InChI=1S/C13H23N3O2.ClH/c17-12(6-5-11-4-3-7-14-11)15-10-13(18)16-8-1-2-9-16;/h11,14H,1-10H2,(H,15,17);1H. The number of amides is 2. The van der Waals surface area contributed by atoms with E-state index in [-0.39, 0.29) is 30.8 Å². The summed E-state index contributed by atoms with van der Waals surface area (Å²) in [5.74, 6) is 0.0519. The van der Waals surface area contributed by atoms with E-state index in [2.05, 4.69) is 10.6 Å². The van der Waals surface area contributed by atoms with E-state index in [1.807, 2.05) is 4.90 Å². The summed E-state index contributed by atoms with van der Waals surface area (Å²) < 4.78 is 0. The number of carbonyl (C=O) groups excluding carboxylic acids is 2. The summed E-state index contributed by atoms with van der Waals surface area (Å²) >= 11 is 0. The molecule has 0 aromatic rings. The van der Waals surface area contributed by atoms with Gasteiger partial charge in [-0.1, -0.05) is 0 Å². The Kier molecular flexibility index (Phi) is 7.16. The van der Waals surface area contributed by atoms with Crippen molar-refractivity contribution < 1.29 is 9.59 Å². The number of halogens is 1. The van der Waals surface area contributed by atoms with E-state index in [4.69, 9.17) is 0 Å². The molecule has 0 aliphatic carbocycles. The van der Waals surface area contributed by atoms with Crippen molar-refractivity contribution in [3.8, 4) is 0 Å². The summed E-state index contributed by atoms with van der Waals surface area (Å²) in [7, 11) is 0. The van der Waals surface area contributed by atoms with Crippen LogP contribution in [0.2, 0.25) is 0 Å². The Bertz CT molecular complexity index is 300. The van der Waals surface area contributed by atoms with Crippen molar-refractivity contribution in [2.24, 2.45) is 0 Å². The van der Waals surface area contributed by atoms with Crippen molar-refractivity contribution in [1.29, 1.82) is 0 Å². The minimum Gasteiger partial charge on any atom is -0.347 e. The van der Waals surface area contributed by atoms with Gasteiger partial charge in [-0.15, -0.1) is 12.4 Å². The molecule has 2 fully saturated rings. The fraction of sp³-hybridized carbons (Fsp3) is 0.846. The summed E-state index contributed by atoms with van der Waals surface area (Å²) in [5, 5.41) is 6.09. The quantitative estimate of drug-likeness (QED) is 0.782. The molecule has 110 valence electrons. The third-order valence-electron chi connectivity index (χ3n) is 3.78. The van der Waals surface area contributed by atoms with Crippen LogP contribution >= 0.6 is 12.4 Å². The number of carbonyl (C=O) groups is 2. The average molecular weight is 290 g/mol. The molecule has 6 heteroatoms. The van der Waals surface area contributed by atoms with Crippen LogP contribution in [0.15, 0.2) is 0 Å². The zero-order chi connectivity index (χ0) is 12.8. The first-order chi connectivity index (χ1) is 8.75. The van der Waals surface area contributed by atoms with Gasteiger partial charge in [-0.25, -0.2) is 0 Å². The molecule has 0 bridgehead atoms. The molecule has 0 aromatic carbocycles. The van der Waals surface area contributed by atoms with Gasteiger partial charge in [0.15, 0.2) is 0 Å². The molecule has 1 atom stereocenters. The summed E-state index contributed by atoms with van der Waals surface area (Å²) in [6, 6.07) is 0.491. The van der Waals surface area contributed by atoms with Gasteiger partial charge >= 0.3 is 0 Å². The lowest BCUT2D eigenvalue weighted by molar-refractivity contribution is -0.132. The summed E-state index contributed by atoms with van der Waals surface area (Å²) in [5.41, 5.74) is 0. The van der Waals surface area contributed by atoms with E-state index >= 15 is 0 Å². The zero-order valence-electron chi connectivity index (χ0n) is 11.3. The monoisotopic (exact) mass is 289 g/mol. The van der Waals surface area contributed by atoms with Crippen LogP contribution in [-0.4, -0.2) is 48.9 Å². The maximum Gasteiger partial charge on any atom is 0.241 e. The molecule has 2 amide bonds. The minimum atomic E-state index is -0.00348. The Hall–Kier alpha value is -0.810. The maximum absolute atomic E-state index is 11.7. The van der Waals surface area contributed by atoms with Crippen LogP contribution in [-0.2, 0) is 9.59 Å². The highest BCUT2D eigenvalue weighted by Crippen LogP contribution is 2.10. The summed E-state index contributed by atoms with van der Waals surface area (Å²) in [4.78, 5) is 25.2. The highest BCUT2D eigenvalue weighted by molar-refractivity contribution is 5.85. The SMILES string of the molecule is Cl.O=C(CCC1CCCN1)NCC(=O)N1CCCC1. The molecule has 1 unspecified atom stereocenters. The molecule has 2 N–H and O–H groups in total. The van der Waals surface area contributed by atoms with Gasteiger partial charge in [-0.2, -0.15) is 0 Å². The summed E-state index contributed by atoms with van der Waals surface area (Å²) in [6.07, 6.45) is 5.95. The van der Waals surface area contributed by atoms with Crippen molar-refractivity contribution in [2.75, 3.05) is 26.2 Å². The van der Waals surface area contributed by atoms with Gasteiger partial charge in [-0.05, 0) is 38.6 Å². The van der Waals surface area contributed by atoms with Gasteiger partial charge in [0.05, 0.1) is 6.54 Å². The molecule has 2 rings (SSSR count). The van der Waals surface area contributed by atoms with Crippen LogP contribution < -0.4 is 10.6 Å². The molecular weight excluding hydrogens is 266 g/mol. The molecule has 2 saturated heterocycles. The second kappa shape index (κ2) is 8.38. The third-order valence-corrected chi connectivity index (χ3v) is 3.78. The van der Waals surface area contributed by atoms with Crippen LogP contribution in [0.1, 0.15) is 38.5 Å². The molecule has 0 saturated carbocycles. The fourth-order valence-corrected chi connectivity index (χ4v) is 2.65. The van der Waals surface area contributed by atoms with Crippen molar-refractivity contribution >= 4 is 24.2 Å². The first-order valence-corrected chi connectivity index (χ1v) is 7.03. The van der Waals surface area contributed by atoms with E-state index in [1.54, 1.807) is 0 Å². The second-order valence-corrected chi connectivity index (χ2v) is 5.20. The van der Waals surface area contributed by atoms with Crippen LogP contribution in [0.5, 0.6) is 0 Å². The van der Waals surface area contributed by atoms with Gasteiger partial charge in [0.25, 0.3) is 0 Å². The highest BCUT2D eigenvalue weighted by atomic mass is 35.5. The van der Waals surface area contributed by atoms with Crippen molar-refractivity contribution in [1.82, 2.24) is 15.5 Å². The predicted molar refractivity (Wildman–Crippen MR) is 76.3 cm³/mol. The maximum atomic E-state index is 11.7. The molecule has 2 aliphatic rings. The molecular formula is C13H24ClN3O2.